The van der Waals surface area contributed by atoms with Gasteiger partial charge in [0, 0.05) is 16.9 Å². The monoisotopic (exact) mass is 444 g/mol. The van der Waals surface area contributed by atoms with Gasteiger partial charge in [-0.15, -0.1) is 0 Å². The van der Waals surface area contributed by atoms with Crippen molar-refractivity contribution in [3.8, 4) is 0 Å². The van der Waals surface area contributed by atoms with Crippen LogP contribution >= 0.6 is 10.7 Å². The number of hydrogen-bond donors (Lipinski definition) is 1. The largest absolute Gasteiger partial charge is 0.416 e. The number of fused-ring (bicyclic) bond motifs is 1. The Morgan fingerprint density at radius 3 is 2.48 bits per heavy atom. The van der Waals surface area contributed by atoms with Gasteiger partial charge in [0.2, 0.25) is 0 Å². The van der Waals surface area contributed by atoms with Crippen LogP contribution in [0.4, 0.5) is 19.0 Å². The molecule has 29 heavy (non-hydrogen) atoms. The third-order valence-corrected chi connectivity index (χ3v) is 5.74. The second-order valence-electron chi connectivity index (χ2n) is 6.48. The molecule has 1 atom stereocenters. The van der Waals surface area contributed by atoms with Gasteiger partial charge in [-0.25, -0.2) is 23.4 Å². The Morgan fingerprint density at radius 1 is 1.17 bits per heavy atom. The first-order chi connectivity index (χ1) is 13.4. The third-order valence-electron chi connectivity index (χ3n) is 4.42. The molecule has 154 valence electrons. The van der Waals surface area contributed by atoms with E-state index in [1.165, 1.54) is 19.1 Å². The molecular formula is C18H16ClF3N4O2S. The molecule has 3 rings (SSSR count). The molecular weight excluding hydrogens is 429 g/mol. The molecule has 0 saturated heterocycles. The van der Waals surface area contributed by atoms with E-state index in [9.17, 15) is 21.6 Å². The average Bonchev–Trinajstić information content (AvgIpc) is 2.59. The molecule has 0 aliphatic carbocycles. The zero-order valence-electron chi connectivity index (χ0n) is 15.5. The molecule has 0 fully saturated rings. The SMILES string of the molecule is Cc1nc(N[C@H](C)c2cccc(C(F)(F)F)c2C)c2cc(S(=O)(=O)Cl)cnc2n1. The van der Waals surface area contributed by atoms with Crippen LogP contribution in [0.15, 0.2) is 35.4 Å². The van der Waals surface area contributed by atoms with Crippen LogP contribution in [0.1, 0.15) is 35.5 Å². The highest BCUT2D eigenvalue weighted by molar-refractivity contribution is 8.13. The number of anilines is 1. The Hall–Kier alpha value is -2.46. The zero-order chi connectivity index (χ0) is 21.6. The molecule has 1 aromatic carbocycles. The molecule has 0 unspecified atom stereocenters. The van der Waals surface area contributed by atoms with Crippen molar-refractivity contribution in [1.82, 2.24) is 15.0 Å². The number of aromatic nitrogens is 3. The highest BCUT2D eigenvalue weighted by Gasteiger charge is 2.33. The lowest BCUT2D eigenvalue weighted by Gasteiger charge is -2.21. The molecule has 2 heterocycles. The first-order valence-corrected chi connectivity index (χ1v) is 10.7. The van der Waals surface area contributed by atoms with Gasteiger partial charge in [-0.05, 0) is 44.0 Å². The summed E-state index contributed by atoms with van der Waals surface area (Å²) in [6.45, 7) is 4.71. The van der Waals surface area contributed by atoms with E-state index in [-0.39, 0.29) is 27.3 Å². The number of aryl methyl sites for hydroxylation is 1. The molecule has 0 saturated carbocycles. The van der Waals surface area contributed by atoms with E-state index in [0.717, 1.165) is 12.3 Å². The van der Waals surface area contributed by atoms with Crippen LogP contribution in [0, 0.1) is 13.8 Å². The Labute approximate surface area is 169 Å². The van der Waals surface area contributed by atoms with Gasteiger partial charge in [-0.2, -0.15) is 13.2 Å². The number of rotatable bonds is 4. The maximum Gasteiger partial charge on any atom is 0.416 e. The van der Waals surface area contributed by atoms with Gasteiger partial charge in [0.05, 0.1) is 17.0 Å². The summed E-state index contributed by atoms with van der Waals surface area (Å²) in [6.07, 6.45) is -3.38. The Balaban J connectivity index is 2.08. The van der Waals surface area contributed by atoms with E-state index in [2.05, 4.69) is 20.3 Å². The van der Waals surface area contributed by atoms with Crippen molar-refractivity contribution < 1.29 is 21.6 Å². The molecule has 6 nitrogen and oxygen atoms in total. The smallest absolute Gasteiger partial charge is 0.363 e. The first kappa shape index (κ1) is 21.3. The second-order valence-corrected chi connectivity index (χ2v) is 9.05. The lowest BCUT2D eigenvalue weighted by atomic mass is 9.97. The molecule has 0 spiro atoms. The van der Waals surface area contributed by atoms with Crippen LogP contribution < -0.4 is 5.32 Å². The van der Waals surface area contributed by atoms with Crippen molar-refractivity contribution in [3.63, 3.8) is 0 Å². The van der Waals surface area contributed by atoms with Crippen molar-refractivity contribution in [1.29, 1.82) is 0 Å². The standard InChI is InChI=1S/C18H16ClF3N4O2S/c1-9-13(5-4-6-15(9)18(20,21)22)10(2)24-17-14-7-12(29(19,27)28)8-23-16(14)25-11(3)26-17/h4-8,10H,1-3H3,(H,23,24,25,26)/t10-/m1/s1. The van der Waals surface area contributed by atoms with Crippen LogP contribution in [0.3, 0.4) is 0 Å². The molecule has 0 bridgehead atoms. The van der Waals surface area contributed by atoms with E-state index in [0.29, 0.717) is 11.4 Å². The van der Waals surface area contributed by atoms with Crippen molar-refractivity contribution in [3.05, 3.63) is 53.0 Å². The predicted molar refractivity (Wildman–Crippen MR) is 103 cm³/mol. The molecule has 1 N–H and O–H groups in total. The van der Waals surface area contributed by atoms with Crippen LogP contribution in [0.25, 0.3) is 11.0 Å². The summed E-state index contributed by atoms with van der Waals surface area (Å²) in [5.41, 5.74) is 0.0390. The summed E-state index contributed by atoms with van der Waals surface area (Å²) in [7, 11) is 1.36. The molecule has 2 aromatic heterocycles. The average molecular weight is 445 g/mol. The van der Waals surface area contributed by atoms with Crippen LogP contribution in [-0.4, -0.2) is 23.4 Å². The lowest BCUT2D eigenvalue weighted by Crippen LogP contribution is -2.14. The van der Waals surface area contributed by atoms with E-state index >= 15 is 0 Å². The predicted octanol–water partition coefficient (Wildman–Crippen LogP) is 4.76. The maximum absolute atomic E-state index is 13.2. The minimum absolute atomic E-state index is 0.0947. The van der Waals surface area contributed by atoms with Gasteiger partial charge in [0.1, 0.15) is 16.5 Å². The highest BCUT2D eigenvalue weighted by atomic mass is 35.7. The first-order valence-electron chi connectivity index (χ1n) is 8.40. The molecule has 3 aromatic rings. The fraction of sp³-hybridized carbons (Fsp3) is 0.278. The van der Waals surface area contributed by atoms with E-state index in [1.54, 1.807) is 19.9 Å². The van der Waals surface area contributed by atoms with Gasteiger partial charge in [-0.1, -0.05) is 12.1 Å². The van der Waals surface area contributed by atoms with E-state index in [1.807, 2.05) is 0 Å². The van der Waals surface area contributed by atoms with Crippen LogP contribution in [0.5, 0.6) is 0 Å². The van der Waals surface area contributed by atoms with Crippen molar-refractivity contribution in [2.45, 2.75) is 37.9 Å². The number of nitrogens with one attached hydrogen (secondary N) is 1. The lowest BCUT2D eigenvalue weighted by molar-refractivity contribution is -0.138. The number of nitrogens with zero attached hydrogens (tertiary/aromatic N) is 3. The fourth-order valence-corrected chi connectivity index (χ4v) is 3.75. The number of alkyl halides is 3. The number of pyridine rings is 1. The van der Waals surface area contributed by atoms with E-state index < -0.39 is 26.8 Å². The number of halogens is 4. The van der Waals surface area contributed by atoms with Crippen LogP contribution in [-0.2, 0) is 15.2 Å². The van der Waals surface area contributed by atoms with Crippen molar-refractivity contribution in [2.75, 3.05) is 5.32 Å². The Bertz CT molecular complexity index is 1200. The molecule has 11 heteroatoms. The van der Waals surface area contributed by atoms with Gasteiger partial charge in [0.15, 0.2) is 5.65 Å². The summed E-state index contributed by atoms with van der Waals surface area (Å²) in [5.74, 6) is 0.605. The van der Waals surface area contributed by atoms with Gasteiger partial charge in [-0.3, -0.25) is 0 Å². The maximum atomic E-state index is 13.2. The topological polar surface area (TPSA) is 84.8 Å². The molecule has 0 amide bonds. The summed E-state index contributed by atoms with van der Waals surface area (Å²) in [6, 6.07) is 4.67. The molecule has 0 aliphatic rings. The van der Waals surface area contributed by atoms with E-state index in [4.69, 9.17) is 10.7 Å². The normalized spacial score (nSPS) is 13.5. The van der Waals surface area contributed by atoms with Crippen molar-refractivity contribution >= 4 is 36.6 Å². The Morgan fingerprint density at radius 2 is 1.86 bits per heavy atom. The second kappa shape index (κ2) is 7.42. The molecule has 0 aliphatic heterocycles. The van der Waals surface area contributed by atoms with Gasteiger partial charge in [0.25, 0.3) is 9.05 Å². The minimum Gasteiger partial charge on any atom is -0.363 e. The van der Waals surface area contributed by atoms with Gasteiger partial charge >= 0.3 is 6.18 Å². The zero-order valence-corrected chi connectivity index (χ0v) is 17.1. The van der Waals surface area contributed by atoms with Crippen molar-refractivity contribution in [2.24, 2.45) is 0 Å². The summed E-state index contributed by atoms with van der Waals surface area (Å²) in [4.78, 5) is 12.2. The summed E-state index contributed by atoms with van der Waals surface area (Å²) in [5, 5.41) is 3.33. The number of benzene rings is 1. The minimum atomic E-state index is -4.47. The summed E-state index contributed by atoms with van der Waals surface area (Å²) >= 11 is 0. The summed E-state index contributed by atoms with van der Waals surface area (Å²) < 4.78 is 62.9. The Kier molecular flexibility index (Phi) is 5.44. The quantitative estimate of drug-likeness (QED) is 0.584. The highest BCUT2D eigenvalue weighted by Crippen LogP contribution is 2.35. The van der Waals surface area contributed by atoms with Crippen LogP contribution in [0.2, 0.25) is 0 Å². The third kappa shape index (κ3) is 4.43. The molecule has 0 radical (unpaired) electrons. The fourth-order valence-electron chi connectivity index (χ4n) is 3.06. The van der Waals surface area contributed by atoms with Gasteiger partial charge < -0.3 is 5.32 Å². The number of hydrogen-bond acceptors (Lipinski definition) is 6.